The highest BCUT2D eigenvalue weighted by molar-refractivity contribution is 7.88. The summed E-state index contributed by atoms with van der Waals surface area (Å²) in [5.74, 6) is 0.368. The maximum absolute atomic E-state index is 14.1. The van der Waals surface area contributed by atoms with E-state index in [0.29, 0.717) is 36.4 Å². The van der Waals surface area contributed by atoms with Crippen LogP contribution in [0.5, 0.6) is 5.75 Å². The molecule has 3 aromatic rings. The number of nitrogens with one attached hydrogen (secondary N) is 1. The lowest BCUT2D eigenvalue weighted by molar-refractivity contribution is 0.130. The first-order valence-electron chi connectivity index (χ1n) is 10.7. The lowest BCUT2D eigenvalue weighted by atomic mass is 10.1. The molecule has 0 aliphatic carbocycles. The third kappa shape index (κ3) is 5.56. The van der Waals surface area contributed by atoms with Gasteiger partial charge in [0.25, 0.3) is 0 Å². The van der Waals surface area contributed by atoms with E-state index in [1.165, 1.54) is 29.0 Å². The fraction of sp³-hybridized carbons (Fsp3) is 0.348. The summed E-state index contributed by atoms with van der Waals surface area (Å²) >= 11 is 0. The number of benzene rings is 2. The first kappa shape index (κ1) is 24.2. The minimum Gasteiger partial charge on any atom is -0.487 e. The molecule has 0 bridgehead atoms. The maximum atomic E-state index is 14.1. The van der Waals surface area contributed by atoms with Crippen molar-refractivity contribution >= 4 is 48.2 Å². The Morgan fingerprint density at radius 3 is 2.82 bits per heavy atom. The summed E-state index contributed by atoms with van der Waals surface area (Å²) in [5.41, 5.74) is 8.68. The normalized spacial score (nSPS) is 17.6. The molecule has 0 amide bonds. The van der Waals surface area contributed by atoms with Crippen molar-refractivity contribution < 1.29 is 17.5 Å². The molecule has 34 heavy (non-hydrogen) atoms. The quantitative estimate of drug-likeness (QED) is 0.540. The van der Waals surface area contributed by atoms with Crippen molar-refractivity contribution in [3.8, 4) is 11.4 Å². The average Bonchev–Trinajstić information content (AvgIpc) is 2.74. The predicted molar refractivity (Wildman–Crippen MR) is 134 cm³/mol. The van der Waals surface area contributed by atoms with Crippen LogP contribution in [0.2, 0.25) is 0 Å². The minimum atomic E-state index is -3.33. The second-order valence-electron chi connectivity index (χ2n) is 8.26. The monoisotopic (exact) mass is 503 g/mol. The van der Waals surface area contributed by atoms with Gasteiger partial charge in [-0.3, -0.25) is 0 Å². The molecule has 1 atom stereocenters. The molecule has 2 aromatic carbocycles. The van der Waals surface area contributed by atoms with Crippen LogP contribution in [0.3, 0.4) is 0 Å². The molecule has 4 rings (SSSR count). The van der Waals surface area contributed by atoms with Gasteiger partial charge in [0, 0.05) is 24.3 Å². The number of halogens is 1. The van der Waals surface area contributed by atoms with Crippen LogP contribution >= 0.6 is 0 Å². The number of aryl methyl sites for hydroxylation is 1. The number of hydrogen-bond donors (Lipinski definition) is 1. The standard InChI is InChI=1S/C23H26FN5O3S2/c1-15-10-17(28-33(2)3)12-20-22(15)23(26-14-25-20)27-19-8-7-16(24)11-21(19)32-18-6-5-9-29(13-18)34(4,30)31/h2,7-8,10-12,14,18H,5-6,9,13H2,1,3-4H3,(H,25,26,27)/t18-/m1/s1. The second kappa shape index (κ2) is 9.71. The van der Waals surface area contributed by atoms with E-state index in [4.69, 9.17) is 10.4 Å². The molecule has 2 heterocycles. The third-order valence-electron chi connectivity index (χ3n) is 5.47. The van der Waals surface area contributed by atoms with Crippen molar-refractivity contribution in [3.05, 3.63) is 48.0 Å². The topological polar surface area (TPSA) is 96.8 Å². The molecule has 1 aliphatic rings. The lowest BCUT2D eigenvalue weighted by Crippen LogP contribution is -2.43. The minimum absolute atomic E-state index is 0.219. The first-order chi connectivity index (χ1) is 16.1. The summed E-state index contributed by atoms with van der Waals surface area (Å²) < 4.78 is 49.9. The Balaban J connectivity index is 1.67. The zero-order valence-electron chi connectivity index (χ0n) is 19.2. The number of ether oxygens (including phenoxy) is 1. The molecule has 0 saturated carbocycles. The lowest BCUT2D eigenvalue weighted by Gasteiger charge is -2.31. The number of rotatable bonds is 6. The van der Waals surface area contributed by atoms with Crippen LogP contribution in [-0.2, 0) is 20.1 Å². The van der Waals surface area contributed by atoms with Crippen molar-refractivity contribution in [2.24, 2.45) is 4.36 Å². The fourth-order valence-corrected chi connectivity index (χ4v) is 5.33. The van der Waals surface area contributed by atoms with Crippen molar-refractivity contribution in [1.82, 2.24) is 14.3 Å². The Morgan fingerprint density at radius 1 is 1.29 bits per heavy atom. The Morgan fingerprint density at radius 2 is 2.09 bits per heavy atom. The van der Waals surface area contributed by atoms with Gasteiger partial charge in [-0.15, -0.1) is 0 Å². The van der Waals surface area contributed by atoms with Gasteiger partial charge in [-0.1, -0.05) is 15.8 Å². The number of aromatic nitrogens is 2. The molecule has 1 aromatic heterocycles. The van der Waals surface area contributed by atoms with E-state index in [9.17, 15) is 12.8 Å². The van der Waals surface area contributed by atoms with Crippen LogP contribution in [0, 0.1) is 18.4 Å². The molecule has 1 fully saturated rings. The van der Waals surface area contributed by atoms with E-state index in [1.54, 1.807) is 6.07 Å². The predicted octanol–water partition coefficient (Wildman–Crippen LogP) is 4.28. The largest absolute Gasteiger partial charge is 0.487 e. The maximum Gasteiger partial charge on any atom is 0.211 e. The highest BCUT2D eigenvalue weighted by Crippen LogP contribution is 2.34. The highest BCUT2D eigenvalue weighted by atomic mass is 32.2. The molecular formula is C23H26FN5O3S2. The Hall–Kier alpha value is -2.98. The summed E-state index contributed by atoms with van der Waals surface area (Å²) in [6.45, 7) is 2.61. The number of anilines is 2. The number of nitrogens with zero attached hydrogens (tertiary/aromatic N) is 4. The highest BCUT2D eigenvalue weighted by Gasteiger charge is 2.27. The van der Waals surface area contributed by atoms with Crippen molar-refractivity contribution in [2.75, 3.05) is 30.9 Å². The van der Waals surface area contributed by atoms with Crippen molar-refractivity contribution in [2.45, 2.75) is 25.9 Å². The zero-order valence-corrected chi connectivity index (χ0v) is 20.8. The smallest absolute Gasteiger partial charge is 0.211 e. The van der Waals surface area contributed by atoms with E-state index in [1.807, 2.05) is 25.3 Å². The van der Waals surface area contributed by atoms with Gasteiger partial charge in [-0.05, 0) is 49.6 Å². The molecule has 180 valence electrons. The van der Waals surface area contributed by atoms with Gasteiger partial charge in [0.2, 0.25) is 10.0 Å². The van der Waals surface area contributed by atoms with Crippen LogP contribution in [-0.4, -0.2) is 54.4 Å². The van der Waals surface area contributed by atoms with Crippen molar-refractivity contribution in [1.29, 1.82) is 0 Å². The summed E-state index contributed by atoms with van der Waals surface area (Å²) in [5, 5.41) is 4.04. The van der Waals surface area contributed by atoms with Gasteiger partial charge in [0.05, 0.1) is 29.7 Å². The van der Waals surface area contributed by atoms with Crippen LogP contribution in [0.1, 0.15) is 18.4 Å². The Kier molecular flexibility index (Phi) is 6.90. The number of hydrogen-bond acceptors (Lipinski definition) is 7. The average molecular weight is 504 g/mol. The number of fused-ring (bicyclic) bond motifs is 1. The Labute approximate surface area is 200 Å². The summed E-state index contributed by atoms with van der Waals surface area (Å²) in [6, 6.07) is 7.95. The number of sulfonamides is 1. The molecule has 8 nitrogen and oxygen atoms in total. The summed E-state index contributed by atoms with van der Waals surface area (Å²) in [6.07, 6.45) is 5.39. The second-order valence-corrected chi connectivity index (χ2v) is 11.5. The molecule has 11 heteroatoms. The molecule has 0 spiro atoms. The fourth-order valence-electron chi connectivity index (χ4n) is 3.99. The summed E-state index contributed by atoms with van der Waals surface area (Å²) in [4.78, 5) is 8.77. The van der Waals surface area contributed by atoms with Crippen LogP contribution in [0.25, 0.3) is 10.9 Å². The first-order valence-corrected chi connectivity index (χ1v) is 14.2. The molecular weight excluding hydrogens is 477 g/mol. The van der Waals surface area contributed by atoms with E-state index < -0.39 is 32.0 Å². The van der Waals surface area contributed by atoms with E-state index in [0.717, 1.165) is 16.6 Å². The van der Waals surface area contributed by atoms with E-state index in [2.05, 4.69) is 19.6 Å². The molecule has 1 N–H and O–H groups in total. The van der Waals surface area contributed by atoms with E-state index in [-0.39, 0.29) is 12.3 Å². The molecule has 1 aliphatic heterocycles. The van der Waals surface area contributed by atoms with Gasteiger partial charge < -0.3 is 10.1 Å². The summed E-state index contributed by atoms with van der Waals surface area (Å²) in [7, 11) is -3.93. The van der Waals surface area contributed by atoms with Gasteiger partial charge in [-0.2, -0.15) is 4.31 Å². The number of piperidine rings is 1. The molecule has 0 unspecified atom stereocenters. The SMILES string of the molecule is C#S(/C)=N/c1cc(C)c2c(Nc3ccc(F)cc3O[C@@H]3CCCN(S(C)(=O)=O)C3)ncnc2c1. The van der Waals surface area contributed by atoms with Gasteiger partial charge >= 0.3 is 0 Å². The van der Waals surface area contributed by atoms with Gasteiger partial charge in [-0.25, -0.2) is 27.1 Å². The van der Waals surface area contributed by atoms with Crippen molar-refractivity contribution in [3.63, 3.8) is 0 Å². The molecule has 1 saturated heterocycles. The Bertz CT molecular complexity index is 1490. The third-order valence-corrected chi connectivity index (χ3v) is 7.24. The van der Waals surface area contributed by atoms with Gasteiger partial charge in [0.15, 0.2) is 0 Å². The van der Waals surface area contributed by atoms with Crippen LogP contribution < -0.4 is 10.1 Å². The van der Waals surface area contributed by atoms with Gasteiger partial charge in [0.1, 0.15) is 29.8 Å². The van der Waals surface area contributed by atoms with Crippen LogP contribution in [0.15, 0.2) is 41.0 Å². The van der Waals surface area contributed by atoms with E-state index >= 15 is 0 Å². The zero-order chi connectivity index (χ0) is 24.5. The molecule has 0 radical (unpaired) electrons. The van der Waals surface area contributed by atoms with Crippen LogP contribution in [0.4, 0.5) is 21.6 Å².